The lowest BCUT2D eigenvalue weighted by Crippen LogP contribution is -1.95. The Hall–Kier alpha value is -9.88. The van der Waals surface area contributed by atoms with Gasteiger partial charge in [0.25, 0.3) is 0 Å². The molecule has 0 radical (unpaired) electrons. The van der Waals surface area contributed by atoms with Crippen molar-refractivity contribution in [2.24, 2.45) is 0 Å². The number of hydrogen-bond acceptors (Lipinski definition) is 3. The van der Waals surface area contributed by atoms with Crippen molar-refractivity contribution in [3.63, 3.8) is 0 Å². The highest BCUT2D eigenvalue weighted by molar-refractivity contribution is 7.27. The molecule has 5 heteroatoms. The third kappa shape index (κ3) is 7.00. The zero-order valence-corrected chi connectivity index (χ0v) is 47.1. The predicted molar refractivity (Wildman–Crippen MR) is 364 cm³/mol. The summed E-state index contributed by atoms with van der Waals surface area (Å²) in [6, 6.07) is 102. The molecule has 0 saturated carbocycles. The van der Waals surface area contributed by atoms with Crippen molar-refractivity contribution in [3.05, 3.63) is 279 Å². The monoisotopic (exact) mass is 1110 g/mol. The number of nitrogens with zero attached hydrogens (tertiary/aromatic N) is 2. The molecule has 0 spiro atoms. The van der Waals surface area contributed by atoms with Crippen molar-refractivity contribution in [2.75, 3.05) is 0 Å². The first-order chi connectivity index (χ1) is 41.2. The van der Waals surface area contributed by atoms with E-state index < -0.39 is 0 Å². The highest BCUT2D eigenvalue weighted by Gasteiger charge is 2.24. The summed E-state index contributed by atoms with van der Waals surface area (Å²) in [7, 11) is 0. The molecule has 0 aliphatic rings. The molecule has 19 aromatic rings. The molecule has 5 heterocycles. The standard InChI is InChI=1S/C40H23NS2.C38H23NS/c1-2-14-28-27(13-1)37-29-15-3-6-19-32(29)41(39(37)40-38(28)31-17-5-8-21-34(31)43-40)25-12-9-11-24(23-25)26-18-10-22-35-36(26)30-16-4-7-20-33(30)42-35;1-2-11-25-22-27(21-20-24(25)10-1)26-12-9-13-28(23-26)39-33-18-7-5-16-31(33)35-29-14-3-4-15-30(29)36-32-17-6-8-19-34(32)40-38(36)37(35)39/h1-23H;1-23H. The Kier molecular flexibility index (Phi) is 10.3. The van der Waals surface area contributed by atoms with Gasteiger partial charge >= 0.3 is 0 Å². The van der Waals surface area contributed by atoms with Crippen LogP contribution in [-0.4, -0.2) is 9.13 Å². The number of thiophene rings is 3. The summed E-state index contributed by atoms with van der Waals surface area (Å²) in [6.07, 6.45) is 0. The molecule has 0 atom stereocenters. The molecule has 0 aliphatic heterocycles. The second-order valence-electron chi connectivity index (χ2n) is 21.8. The van der Waals surface area contributed by atoms with E-state index in [4.69, 9.17) is 0 Å². The van der Waals surface area contributed by atoms with Gasteiger partial charge in [-0.1, -0.05) is 212 Å². The van der Waals surface area contributed by atoms with Crippen molar-refractivity contribution in [2.45, 2.75) is 0 Å². The van der Waals surface area contributed by atoms with E-state index in [1.807, 2.05) is 34.0 Å². The molecular formula is C78H46N2S3. The van der Waals surface area contributed by atoms with Crippen molar-refractivity contribution in [1.82, 2.24) is 9.13 Å². The number of fused-ring (bicyclic) bond motifs is 24. The van der Waals surface area contributed by atoms with Crippen LogP contribution >= 0.6 is 34.0 Å². The van der Waals surface area contributed by atoms with E-state index in [0.717, 1.165) is 0 Å². The predicted octanol–water partition coefficient (Wildman–Crippen LogP) is 23.5. The van der Waals surface area contributed by atoms with Crippen LogP contribution in [0.5, 0.6) is 0 Å². The quantitative estimate of drug-likeness (QED) is 0.166. The van der Waals surface area contributed by atoms with E-state index >= 15 is 0 Å². The van der Waals surface area contributed by atoms with Gasteiger partial charge in [0, 0.05) is 84.0 Å². The van der Waals surface area contributed by atoms with E-state index in [1.54, 1.807) is 0 Å². The summed E-state index contributed by atoms with van der Waals surface area (Å²) >= 11 is 5.70. The first-order valence-electron chi connectivity index (χ1n) is 28.3. The van der Waals surface area contributed by atoms with E-state index in [2.05, 4.69) is 288 Å². The van der Waals surface area contributed by atoms with Gasteiger partial charge in [0.05, 0.1) is 31.5 Å². The summed E-state index contributed by atoms with van der Waals surface area (Å²) < 4.78 is 13.0. The van der Waals surface area contributed by atoms with Crippen molar-refractivity contribution >= 4 is 170 Å². The van der Waals surface area contributed by atoms with Crippen LogP contribution in [0.3, 0.4) is 0 Å². The lowest BCUT2D eigenvalue weighted by atomic mass is 9.98. The second kappa shape index (κ2) is 18.3. The third-order valence-corrected chi connectivity index (χ3v) is 20.8. The smallest absolute Gasteiger partial charge is 0.0726 e. The zero-order valence-electron chi connectivity index (χ0n) is 44.7. The summed E-state index contributed by atoms with van der Waals surface area (Å²) in [5.41, 5.74) is 12.4. The highest BCUT2D eigenvalue weighted by atomic mass is 32.1. The van der Waals surface area contributed by atoms with Crippen LogP contribution in [0.4, 0.5) is 0 Å². The Bertz CT molecular complexity index is 5900. The van der Waals surface area contributed by atoms with Crippen molar-refractivity contribution in [3.8, 4) is 33.6 Å². The average Bonchev–Trinajstić information content (AvgIpc) is 2.78. The number of hydrogen-bond donors (Lipinski definition) is 0. The fourth-order valence-electron chi connectivity index (χ4n) is 13.8. The summed E-state index contributed by atoms with van der Waals surface area (Å²) in [6.45, 7) is 0. The molecule has 0 unspecified atom stereocenters. The van der Waals surface area contributed by atoms with Gasteiger partial charge in [-0.3, -0.25) is 0 Å². The summed E-state index contributed by atoms with van der Waals surface area (Å²) in [5, 5.41) is 21.1. The molecule has 83 heavy (non-hydrogen) atoms. The van der Waals surface area contributed by atoms with E-state index in [9.17, 15) is 0 Å². The van der Waals surface area contributed by atoms with Crippen LogP contribution < -0.4 is 0 Å². The fraction of sp³-hybridized carbons (Fsp3) is 0. The van der Waals surface area contributed by atoms with Gasteiger partial charge in [-0.2, -0.15) is 0 Å². The van der Waals surface area contributed by atoms with Gasteiger partial charge < -0.3 is 9.13 Å². The lowest BCUT2D eigenvalue weighted by molar-refractivity contribution is 1.19. The second-order valence-corrected chi connectivity index (χ2v) is 25.0. The summed E-state index contributed by atoms with van der Waals surface area (Å²) in [5.74, 6) is 0. The molecule has 5 aromatic heterocycles. The minimum absolute atomic E-state index is 1.19. The maximum absolute atomic E-state index is 2.52. The van der Waals surface area contributed by atoms with Crippen LogP contribution in [-0.2, 0) is 0 Å². The molecule has 0 fully saturated rings. The first kappa shape index (κ1) is 46.8. The molecule has 0 aliphatic carbocycles. The number of benzene rings is 14. The van der Waals surface area contributed by atoms with Crippen LogP contribution in [0.2, 0.25) is 0 Å². The Morgan fingerprint density at radius 1 is 0.229 bits per heavy atom. The van der Waals surface area contributed by atoms with Crippen LogP contribution in [0, 0.1) is 0 Å². The topological polar surface area (TPSA) is 9.86 Å². The lowest BCUT2D eigenvalue weighted by Gasteiger charge is -2.12. The van der Waals surface area contributed by atoms with Gasteiger partial charge in [0.2, 0.25) is 0 Å². The Labute approximate surface area is 488 Å². The van der Waals surface area contributed by atoms with E-state index in [-0.39, 0.29) is 0 Å². The summed E-state index contributed by atoms with van der Waals surface area (Å²) in [4.78, 5) is 0. The molecule has 2 nitrogen and oxygen atoms in total. The molecular weight excluding hydrogens is 1060 g/mol. The number of rotatable bonds is 4. The molecule has 0 N–H and O–H groups in total. The average molecular weight is 1110 g/mol. The third-order valence-electron chi connectivity index (χ3n) is 17.3. The minimum atomic E-state index is 1.19. The first-order valence-corrected chi connectivity index (χ1v) is 30.8. The largest absolute Gasteiger partial charge is 0.308 e. The molecule has 386 valence electrons. The van der Waals surface area contributed by atoms with Gasteiger partial charge in [-0.25, -0.2) is 0 Å². The highest BCUT2D eigenvalue weighted by Crippen LogP contribution is 2.50. The normalized spacial score (nSPS) is 12.1. The molecule has 0 saturated heterocycles. The molecule has 0 bridgehead atoms. The van der Waals surface area contributed by atoms with E-state index in [0.29, 0.717) is 0 Å². The zero-order chi connectivity index (χ0) is 54.3. The maximum Gasteiger partial charge on any atom is 0.0726 e. The Balaban J connectivity index is 0.000000127. The van der Waals surface area contributed by atoms with Crippen molar-refractivity contribution in [1.29, 1.82) is 0 Å². The molecule has 0 amide bonds. The van der Waals surface area contributed by atoms with Crippen LogP contribution in [0.25, 0.3) is 170 Å². The number of aromatic nitrogens is 2. The van der Waals surface area contributed by atoms with Gasteiger partial charge in [0.1, 0.15) is 0 Å². The number of para-hydroxylation sites is 2. The Morgan fingerprint density at radius 2 is 0.627 bits per heavy atom. The maximum atomic E-state index is 2.52. The molecule has 14 aromatic carbocycles. The SMILES string of the molecule is c1cc(-c2ccc3ccccc3c2)cc(-n2c3ccccc3c3c4ccccc4c4c5ccccc5sc4c32)c1.c1cc(-c2cccc3sc4ccccc4c23)cc(-n2c3ccccc3c3c4ccccc4c4c5ccccc5sc4c32)c1. The van der Waals surface area contributed by atoms with Gasteiger partial charge in [-0.05, 0) is 121 Å². The Morgan fingerprint density at radius 3 is 1.19 bits per heavy atom. The van der Waals surface area contributed by atoms with Gasteiger partial charge in [-0.15, -0.1) is 34.0 Å². The van der Waals surface area contributed by atoms with E-state index in [1.165, 1.54) is 170 Å². The fourth-order valence-corrected chi connectivity index (χ4v) is 17.5. The minimum Gasteiger partial charge on any atom is -0.308 e. The molecule has 19 rings (SSSR count). The van der Waals surface area contributed by atoms with Gasteiger partial charge in [0.15, 0.2) is 0 Å². The van der Waals surface area contributed by atoms with Crippen LogP contribution in [0.15, 0.2) is 279 Å². The van der Waals surface area contributed by atoms with Crippen LogP contribution in [0.1, 0.15) is 0 Å². The van der Waals surface area contributed by atoms with Crippen molar-refractivity contribution < 1.29 is 0 Å².